The fraction of sp³-hybridized carbons (Fsp3) is 0.238. The molecule has 0 saturated carbocycles. The van der Waals surface area contributed by atoms with Gasteiger partial charge in [0.1, 0.15) is 5.92 Å². The molecular weight excluding hydrogens is 369 g/mol. The van der Waals surface area contributed by atoms with Gasteiger partial charge in [-0.2, -0.15) is 0 Å². The van der Waals surface area contributed by atoms with Gasteiger partial charge in [0.2, 0.25) is 0 Å². The van der Waals surface area contributed by atoms with E-state index in [0.717, 1.165) is 29.5 Å². The molecule has 2 aromatic carbocycles. The lowest BCUT2D eigenvalue weighted by Crippen LogP contribution is -2.17. The van der Waals surface area contributed by atoms with Crippen LogP contribution in [0.25, 0.3) is 0 Å². The zero-order valence-corrected chi connectivity index (χ0v) is 15.9. The standard InChI is InChI=1S/C21H19Cl2NO2/c1-2-3-12-26-21(25)16-10-11-24-20(17-6-4-5-7-19(17)23)18-13-14(22)8-9-15(16)18/h4-11,13,16H,2-3,12H2,1H3. The smallest absolute Gasteiger partial charge is 0.317 e. The van der Waals surface area contributed by atoms with Crippen LogP contribution >= 0.6 is 23.2 Å². The number of halogens is 2. The van der Waals surface area contributed by atoms with E-state index in [4.69, 9.17) is 27.9 Å². The van der Waals surface area contributed by atoms with Crippen LogP contribution in [0.1, 0.15) is 42.4 Å². The summed E-state index contributed by atoms with van der Waals surface area (Å²) in [7, 11) is 0. The van der Waals surface area contributed by atoms with Gasteiger partial charge in [0, 0.05) is 27.4 Å². The molecule has 0 radical (unpaired) electrons. The van der Waals surface area contributed by atoms with Crippen LogP contribution in [0.3, 0.4) is 0 Å². The Bertz CT molecular complexity index is 874. The van der Waals surface area contributed by atoms with Crippen molar-refractivity contribution in [3.8, 4) is 0 Å². The Morgan fingerprint density at radius 1 is 1.15 bits per heavy atom. The Kier molecular flexibility index (Phi) is 6.12. The number of aliphatic imine (C=N–C) groups is 1. The maximum absolute atomic E-state index is 12.6. The number of benzene rings is 2. The number of hydrogen-bond acceptors (Lipinski definition) is 3. The molecule has 5 heteroatoms. The van der Waals surface area contributed by atoms with E-state index >= 15 is 0 Å². The molecule has 0 N–H and O–H groups in total. The number of unbranched alkanes of at least 4 members (excludes halogenated alkanes) is 1. The van der Waals surface area contributed by atoms with Crippen LogP contribution < -0.4 is 0 Å². The van der Waals surface area contributed by atoms with E-state index < -0.39 is 5.92 Å². The third-order valence-electron chi connectivity index (χ3n) is 4.21. The summed E-state index contributed by atoms with van der Waals surface area (Å²) in [6.07, 6.45) is 5.21. The van der Waals surface area contributed by atoms with E-state index in [1.165, 1.54) is 0 Å². The number of ether oxygens (including phenoxy) is 1. The number of hydrogen-bond donors (Lipinski definition) is 0. The van der Waals surface area contributed by atoms with Crippen LogP contribution in [0.5, 0.6) is 0 Å². The average Bonchev–Trinajstić information content (AvgIpc) is 2.81. The van der Waals surface area contributed by atoms with E-state index in [2.05, 4.69) is 11.9 Å². The monoisotopic (exact) mass is 387 g/mol. The van der Waals surface area contributed by atoms with Crippen molar-refractivity contribution in [1.82, 2.24) is 0 Å². The van der Waals surface area contributed by atoms with Gasteiger partial charge >= 0.3 is 5.97 Å². The molecule has 26 heavy (non-hydrogen) atoms. The Hall–Kier alpha value is -2.10. The summed E-state index contributed by atoms with van der Waals surface area (Å²) >= 11 is 12.6. The first kappa shape index (κ1) is 18.7. The molecule has 3 nitrogen and oxygen atoms in total. The first-order chi connectivity index (χ1) is 12.6. The number of rotatable bonds is 5. The number of carbonyl (C=O) groups excluding carboxylic acids is 1. The third kappa shape index (κ3) is 4.00. The van der Waals surface area contributed by atoms with Gasteiger partial charge in [-0.1, -0.05) is 60.8 Å². The fourth-order valence-electron chi connectivity index (χ4n) is 2.86. The molecule has 0 bridgehead atoms. The summed E-state index contributed by atoms with van der Waals surface area (Å²) in [4.78, 5) is 17.2. The Balaban J connectivity index is 2.03. The zero-order valence-electron chi connectivity index (χ0n) is 14.4. The van der Waals surface area contributed by atoms with Crippen molar-refractivity contribution >= 4 is 34.9 Å². The van der Waals surface area contributed by atoms with Crippen molar-refractivity contribution in [1.29, 1.82) is 0 Å². The molecule has 3 rings (SSSR count). The van der Waals surface area contributed by atoms with Crippen molar-refractivity contribution in [2.75, 3.05) is 6.61 Å². The Labute approximate surface area is 163 Å². The fourth-order valence-corrected chi connectivity index (χ4v) is 3.26. The van der Waals surface area contributed by atoms with Crippen molar-refractivity contribution < 1.29 is 9.53 Å². The van der Waals surface area contributed by atoms with Crippen LogP contribution in [-0.4, -0.2) is 18.3 Å². The summed E-state index contributed by atoms with van der Waals surface area (Å²) in [5.41, 5.74) is 3.08. The SMILES string of the molecule is CCCCOC(=O)C1C=CN=C(c2ccccc2Cl)c2cc(Cl)ccc21. The topological polar surface area (TPSA) is 38.7 Å². The molecule has 1 atom stereocenters. The number of esters is 1. The summed E-state index contributed by atoms with van der Waals surface area (Å²) in [5.74, 6) is -0.809. The molecule has 134 valence electrons. The molecule has 0 amide bonds. The van der Waals surface area contributed by atoms with Gasteiger partial charge in [0.05, 0.1) is 12.3 Å². The predicted octanol–water partition coefficient (Wildman–Crippen LogP) is 5.79. The highest BCUT2D eigenvalue weighted by Gasteiger charge is 2.27. The first-order valence-electron chi connectivity index (χ1n) is 8.57. The molecule has 1 unspecified atom stereocenters. The maximum Gasteiger partial charge on any atom is 0.317 e. The van der Waals surface area contributed by atoms with Crippen LogP contribution in [0.4, 0.5) is 0 Å². The quantitative estimate of drug-likeness (QED) is 0.481. The predicted molar refractivity (Wildman–Crippen MR) is 106 cm³/mol. The van der Waals surface area contributed by atoms with Gasteiger partial charge in [-0.3, -0.25) is 9.79 Å². The summed E-state index contributed by atoms with van der Waals surface area (Å²) in [6, 6.07) is 12.9. The number of fused-ring (bicyclic) bond motifs is 1. The molecule has 0 fully saturated rings. The lowest BCUT2D eigenvalue weighted by Gasteiger charge is -2.17. The molecule has 1 heterocycles. The molecule has 1 aliphatic rings. The maximum atomic E-state index is 12.6. The van der Waals surface area contributed by atoms with Gasteiger partial charge < -0.3 is 4.74 Å². The van der Waals surface area contributed by atoms with Crippen molar-refractivity contribution in [3.05, 3.63) is 81.5 Å². The highest BCUT2D eigenvalue weighted by atomic mass is 35.5. The second-order valence-electron chi connectivity index (χ2n) is 6.03. The average molecular weight is 388 g/mol. The van der Waals surface area contributed by atoms with Crippen molar-refractivity contribution in [3.63, 3.8) is 0 Å². The second-order valence-corrected chi connectivity index (χ2v) is 6.87. The lowest BCUT2D eigenvalue weighted by molar-refractivity contribution is -0.144. The highest BCUT2D eigenvalue weighted by molar-refractivity contribution is 6.36. The molecule has 0 aliphatic carbocycles. The molecule has 0 spiro atoms. The molecule has 0 aromatic heterocycles. The minimum absolute atomic E-state index is 0.283. The van der Waals surface area contributed by atoms with Crippen LogP contribution in [0.2, 0.25) is 10.0 Å². The van der Waals surface area contributed by atoms with Gasteiger partial charge in [-0.15, -0.1) is 0 Å². The van der Waals surface area contributed by atoms with Gasteiger partial charge in [-0.25, -0.2) is 0 Å². The van der Waals surface area contributed by atoms with E-state index in [0.29, 0.717) is 22.4 Å². The van der Waals surface area contributed by atoms with Gasteiger partial charge in [-0.05, 0) is 36.3 Å². The highest BCUT2D eigenvalue weighted by Crippen LogP contribution is 2.32. The van der Waals surface area contributed by atoms with Gasteiger partial charge in [0.25, 0.3) is 0 Å². The normalized spacial score (nSPS) is 15.8. The lowest BCUT2D eigenvalue weighted by atomic mass is 9.90. The van der Waals surface area contributed by atoms with Crippen molar-refractivity contribution in [2.24, 2.45) is 4.99 Å². The largest absolute Gasteiger partial charge is 0.465 e. The summed E-state index contributed by atoms with van der Waals surface area (Å²) in [5, 5.41) is 1.16. The second kappa shape index (κ2) is 8.52. The van der Waals surface area contributed by atoms with E-state index in [1.807, 2.05) is 36.4 Å². The van der Waals surface area contributed by atoms with Crippen LogP contribution in [-0.2, 0) is 9.53 Å². The molecular formula is C21H19Cl2NO2. The summed E-state index contributed by atoms with van der Waals surface area (Å²) in [6.45, 7) is 2.47. The minimum atomic E-state index is -0.525. The Morgan fingerprint density at radius 3 is 2.73 bits per heavy atom. The van der Waals surface area contributed by atoms with Crippen molar-refractivity contribution in [2.45, 2.75) is 25.7 Å². The van der Waals surface area contributed by atoms with Gasteiger partial charge in [0.15, 0.2) is 0 Å². The van der Waals surface area contributed by atoms with E-state index in [-0.39, 0.29) is 5.97 Å². The molecule has 1 aliphatic heterocycles. The van der Waals surface area contributed by atoms with Crippen LogP contribution in [0, 0.1) is 0 Å². The van der Waals surface area contributed by atoms with E-state index in [1.54, 1.807) is 18.3 Å². The van der Waals surface area contributed by atoms with Crippen LogP contribution in [0.15, 0.2) is 59.7 Å². The van der Waals surface area contributed by atoms with E-state index in [9.17, 15) is 4.79 Å². The molecule has 2 aromatic rings. The molecule has 0 saturated heterocycles. The zero-order chi connectivity index (χ0) is 18.5. The Morgan fingerprint density at radius 2 is 1.96 bits per heavy atom. The first-order valence-corrected chi connectivity index (χ1v) is 9.33. The number of nitrogens with zero attached hydrogens (tertiary/aromatic N) is 1. The number of carbonyl (C=O) groups is 1. The minimum Gasteiger partial charge on any atom is -0.465 e. The summed E-state index contributed by atoms with van der Waals surface area (Å²) < 4.78 is 5.43. The third-order valence-corrected chi connectivity index (χ3v) is 4.78.